The highest BCUT2D eigenvalue weighted by Crippen LogP contribution is 2.28. The minimum absolute atomic E-state index is 0.117. The van der Waals surface area contributed by atoms with E-state index in [1.807, 2.05) is 17.5 Å². The molecule has 1 heterocycles. The Balaban J connectivity index is 1.92. The summed E-state index contributed by atoms with van der Waals surface area (Å²) >= 11 is 1.46. The van der Waals surface area contributed by atoms with Gasteiger partial charge in [0.25, 0.3) is 11.6 Å². The molecule has 0 aliphatic heterocycles. The molecule has 25 heavy (non-hydrogen) atoms. The SMILES string of the molecule is COc1ccc([N+](=O)[O-])cc1NC(=O)COC(=O)/C=C/c1cccs1. The fraction of sp³-hybridized carbons (Fsp3) is 0.125. The van der Waals surface area contributed by atoms with Crippen molar-refractivity contribution in [2.75, 3.05) is 19.0 Å². The highest BCUT2D eigenvalue weighted by Gasteiger charge is 2.14. The average Bonchev–Trinajstić information content (AvgIpc) is 3.11. The summed E-state index contributed by atoms with van der Waals surface area (Å²) in [6, 6.07) is 7.45. The van der Waals surface area contributed by atoms with Gasteiger partial charge in [0.1, 0.15) is 5.75 Å². The van der Waals surface area contributed by atoms with Gasteiger partial charge < -0.3 is 14.8 Å². The molecule has 1 aromatic heterocycles. The van der Waals surface area contributed by atoms with Gasteiger partial charge in [-0.25, -0.2) is 4.79 Å². The molecule has 0 radical (unpaired) electrons. The summed E-state index contributed by atoms with van der Waals surface area (Å²) < 4.78 is 9.85. The molecule has 2 rings (SSSR count). The summed E-state index contributed by atoms with van der Waals surface area (Å²) in [4.78, 5) is 34.5. The molecule has 0 saturated carbocycles. The smallest absolute Gasteiger partial charge is 0.331 e. The third-order valence-electron chi connectivity index (χ3n) is 2.94. The van der Waals surface area contributed by atoms with Crippen molar-refractivity contribution in [3.05, 3.63) is 56.8 Å². The first-order valence-electron chi connectivity index (χ1n) is 7.00. The van der Waals surface area contributed by atoms with E-state index in [0.717, 1.165) is 10.9 Å². The number of anilines is 1. The van der Waals surface area contributed by atoms with Crippen LogP contribution in [0.15, 0.2) is 41.8 Å². The number of carbonyl (C=O) groups excluding carboxylic acids is 2. The number of hydrogen-bond donors (Lipinski definition) is 1. The largest absolute Gasteiger partial charge is 0.495 e. The van der Waals surface area contributed by atoms with E-state index in [1.165, 1.54) is 36.7 Å². The number of methoxy groups -OCH3 is 1. The number of non-ortho nitro benzene ring substituents is 1. The Morgan fingerprint density at radius 1 is 1.36 bits per heavy atom. The number of benzene rings is 1. The second-order valence-corrected chi connectivity index (χ2v) is 5.63. The molecule has 0 aliphatic carbocycles. The second-order valence-electron chi connectivity index (χ2n) is 4.65. The maximum Gasteiger partial charge on any atom is 0.331 e. The minimum atomic E-state index is -0.672. The van der Waals surface area contributed by atoms with Crippen LogP contribution in [0.5, 0.6) is 5.75 Å². The van der Waals surface area contributed by atoms with Crippen molar-refractivity contribution in [1.29, 1.82) is 0 Å². The normalized spacial score (nSPS) is 10.4. The topological polar surface area (TPSA) is 108 Å². The third-order valence-corrected chi connectivity index (χ3v) is 3.78. The number of amides is 1. The van der Waals surface area contributed by atoms with Gasteiger partial charge in [-0.1, -0.05) is 6.07 Å². The highest BCUT2D eigenvalue weighted by molar-refractivity contribution is 7.10. The lowest BCUT2D eigenvalue weighted by molar-refractivity contribution is -0.384. The van der Waals surface area contributed by atoms with Gasteiger partial charge in [-0.2, -0.15) is 0 Å². The molecule has 0 unspecified atom stereocenters. The molecule has 0 fully saturated rings. The zero-order chi connectivity index (χ0) is 18.2. The number of hydrogen-bond acceptors (Lipinski definition) is 7. The minimum Gasteiger partial charge on any atom is -0.495 e. The Morgan fingerprint density at radius 2 is 2.16 bits per heavy atom. The lowest BCUT2D eigenvalue weighted by Gasteiger charge is -2.09. The molecule has 1 amide bonds. The Bertz CT molecular complexity index is 801. The molecule has 0 atom stereocenters. The van der Waals surface area contributed by atoms with Crippen LogP contribution >= 0.6 is 11.3 Å². The summed E-state index contributed by atoms with van der Waals surface area (Å²) in [5, 5.41) is 15.1. The number of nitrogens with one attached hydrogen (secondary N) is 1. The Labute approximate surface area is 146 Å². The van der Waals surface area contributed by atoms with Gasteiger partial charge in [-0.05, 0) is 23.6 Å². The molecule has 8 nitrogen and oxygen atoms in total. The van der Waals surface area contributed by atoms with Crippen LogP contribution in [-0.4, -0.2) is 30.5 Å². The quantitative estimate of drug-likeness (QED) is 0.351. The van der Waals surface area contributed by atoms with Crippen molar-refractivity contribution in [1.82, 2.24) is 0 Å². The van der Waals surface area contributed by atoms with Crippen LogP contribution in [0, 0.1) is 10.1 Å². The molecule has 0 aliphatic rings. The fourth-order valence-electron chi connectivity index (χ4n) is 1.81. The summed E-state index contributed by atoms with van der Waals surface area (Å²) in [5.74, 6) is -1.06. The molecule has 9 heteroatoms. The predicted octanol–water partition coefficient (Wildman–Crippen LogP) is 2.86. The van der Waals surface area contributed by atoms with E-state index >= 15 is 0 Å². The van der Waals surface area contributed by atoms with Crippen molar-refractivity contribution < 1.29 is 24.0 Å². The number of ether oxygens (including phenoxy) is 2. The van der Waals surface area contributed by atoms with E-state index in [4.69, 9.17) is 9.47 Å². The van der Waals surface area contributed by atoms with Crippen molar-refractivity contribution >= 4 is 40.7 Å². The van der Waals surface area contributed by atoms with Gasteiger partial charge in [-0.3, -0.25) is 14.9 Å². The van der Waals surface area contributed by atoms with Crippen molar-refractivity contribution in [3.63, 3.8) is 0 Å². The summed E-state index contributed by atoms with van der Waals surface area (Å²) in [6.07, 6.45) is 2.79. The number of rotatable bonds is 7. The van der Waals surface area contributed by atoms with Gasteiger partial charge in [0.15, 0.2) is 6.61 Å². The van der Waals surface area contributed by atoms with E-state index in [1.54, 1.807) is 6.08 Å². The van der Waals surface area contributed by atoms with Crippen LogP contribution < -0.4 is 10.1 Å². The third kappa shape index (κ3) is 5.43. The number of thiophene rings is 1. The van der Waals surface area contributed by atoms with Gasteiger partial charge in [0, 0.05) is 23.1 Å². The predicted molar refractivity (Wildman–Crippen MR) is 92.6 cm³/mol. The lowest BCUT2D eigenvalue weighted by Crippen LogP contribution is -2.20. The van der Waals surface area contributed by atoms with E-state index in [-0.39, 0.29) is 17.1 Å². The molecule has 2 aromatic rings. The van der Waals surface area contributed by atoms with Gasteiger partial charge in [-0.15, -0.1) is 11.3 Å². The Kier molecular flexibility index (Phi) is 6.24. The zero-order valence-electron chi connectivity index (χ0n) is 13.1. The number of carbonyl (C=O) groups is 2. The standard InChI is InChI=1S/C16H14N2O6S/c1-23-14-6-4-11(18(21)22)9-13(14)17-15(19)10-24-16(20)7-5-12-3-2-8-25-12/h2-9H,10H2,1H3,(H,17,19)/b7-5+. The van der Waals surface area contributed by atoms with Crippen LogP contribution in [0.25, 0.3) is 6.08 Å². The summed E-state index contributed by atoms with van der Waals surface area (Å²) in [7, 11) is 1.37. The molecule has 0 saturated heterocycles. The van der Waals surface area contributed by atoms with E-state index in [2.05, 4.69) is 5.32 Å². The van der Waals surface area contributed by atoms with E-state index in [0.29, 0.717) is 0 Å². The maximum atomic E-state index is 11.9. The molecule has 1 aromatic carbocycles. The number of nitro benzene ring substituents is 1. The van der Waals surface area contributed by atoms with E-state index in [9.17, 15) is 19.7 Å². The Hall–Kier alpha value is -3.20. The highest BCUT2D eigenvalue weighted by atomic mass is 32.1. The molecule has 0 bridgehead atoms. The van der Waals surface area contributed by atoms with Crippen molar-refractivity contribution in [2.24, 2.45) is 0 Å². The number of esters is 1. The first kappa shape index (κ1) is 18.1. The average molecular weight is 362 g/mol. The van der Waals surface area contributed by atoms with Crippen molar-refractivity contribution in [2.45, 2.75) is 0 Å². The molecule has 130 valence electrons. The monoisotopic (exact) mass is 362 g/mol. The number of nitrogens with zero attached hydrogens (tertiary/aromatic N) is 1. The van der Waals surface area contributed by atoms with Crippen LogP contribution in [0.2, 0.25) is 0 Å². The lowest BCUT2D eigenvalue weighted by atomic mass is 10.2. The van der Waals surface area contributed by atoms with Crippen LogP contribution in [0.1, 0.15) is 4.88 Å². The van der Waals surface area contributed by atoms with Gasteiger partial charge >= 0.3 is 5.97 Å². The number of nitro groups is 1. The van der Waals surface area contributed by atoms with Gasteiger partial charge in [0.05, 0.1) is 17.7 Å². The van der Waals surface area contributed by atoms with Gasteiger partial charge in [0.2, 0.25) is 0 Å². The van der Waals surface area contributed by atoms with E-state index < -0.39 is 23.4 Å². The summed E-state index contributed by atoms with van der Waals surface area (Å²) in [6.45, 7) is -0.528. The first-order chi connectivity index (χ1) is 12.0. The van der Waals surface area contributed by atoms with Crippen LogP contribution in [-0.2, 0) is 14.3 Å². The maximum absolute atomic E-state index is 11.9. The fourth-order valence-corrected chi connectivity index (χ4v) is 2.43. The summed E-state index contributed by atoms with van der Waals surface area (Å²) in [5.41, 5.74) is -0.0844. The molecule has 0 spiro atoms. The van der Waals surface area contributed by atoms with Crippen LogP contribution in [0.3, 0.4) is 0 Å². The van der Waals surface area contributed by atoms with Crippen LogP contribution in [0.4, 0.5) is 11.4 Å². The zero-order valence-corrected chi connectivity index (χ0v) is 13.9. The van der Waals surface area contributed by atoms with Crippen molar-refractivity contribution in [3.8, 4) is 5.75 Å². The molecule has 1 N–H and O–H groups in total. The molecular formula is C16H14N2O6S. The second kappa shape index (κ2) is 8.60. The Morgan fingerprint density at radius 3 is 2.80 bits per heavy atom. The molecular weight excluding hydrogens is 348 g/mol. The first-order valence-corrected chi connectivity index (χ1v) is 7.88.